The van der Waals surface area contributed by atoms with Gasteiger partial charge in [0.2, 0.25) is 5.43 Å². The summed E-state index contributed by atoms with van der Waals surface area (Å²) in [6.07, 6.45) is 3.90. The molecule has 9 heteroatoms. The van der Waals surface area contributed by atoms with E-state index in [0.717, 1.165) is 22.3 Å². The Balaban J connectivity index is 1.82. The molecule has 172 valence electrons. The van der Waals surface area contributed by atoms with Gasteiger partial charge in [-0.1, -0.05) is 34.1 Å². The lowest BCUT2D eigenvalue weighted by Gasteiger charge is -2.30. The number of alkyl halides is 1. The SMILES string of the molecule is O=C(C=Cc1ccc(Br)cc1)c1cn(CCF)c2c(F)c(N3CCNCC3)c(F)cc2c1=O. The predicted molar refractivity (Wildman–Crippen MR) is 127 cm³/mol. The normalized spacial score (nSPS) is 14.4. The Hall–Kier alpha value is -2.91. The molecule has 0 saturated carbocycles. The molecule has 0 amide bonds. The number of allylic oxidation sites excluding steroid dienone is 1. The van der Waals surface area contributed by atoms with E-state index in [1.54, 1.807) is 29.2 Å². The third-order valence-corrected chi connectivity index (χ3v) is 6.08. The van der Waals surface area contributed by atoms with Crippen LogP contribution in [-0.4, -0.2) is 43.2 Å². The molecule has 0 spiro atoms. The number of hydrogen-bond donors (Lipinski definition) is 1. The number of anilines is 1. The predicted octanol–water partition coefficient (Wildman–Crippen LogP) is 4.32. The van der Waals surface area contributed by atoms with Crippen molar-refractivity contribution in [3.63, 3.8) is 0 Å². The Morgan fingerprint density at radius 2 is 1.85 bits per heavy atom. The van der Waals surface area contributed by atoms with Gasteiger partial charge in [0.25, 0.3) is 0 Å². The number of nitrogens with one attached hydrogen (secondary N) is 1. The molecular weight excluding hydrogens is 499 g/mol. The minimum absolute atomic E-state index is 0.207. The van der Waals surface area contributed by atoms with Crippen LogP contribution in [0.3, 0.4) is 0 Å². The number of fused-ring (bicyclic) bond motifs is 1. The maximum absolute atomic E-state index is 15.5. The second kappa shape index (κ2) is 9.93. The number of aromatic nitrogens is 1. The summed E-state index contributed by atoms with van der Waals surface area (Å²) < 4.78 is 45.8. The molecule has 1 saturated heterocycles. The summed E-state index contributed by atoms with van der Waals surface area (Å²) in [5.41, 5.74) is -0.798. The van der Waals surface area contributed by atoms with Crippen molar-refractivity contribution in [1.82, 2.24) is 9.88 Å². The minimum Gasteiger partial charge on any atom is -0.364 e. The number of rotatable bonds is 6. The van der Waals surface area contributed by atoms with Crippen LogP contribution < -0.4 is 15.6 Å². The molecule has 0 bridgehead atoms. The number of carbonyl (C=O) groups is 1. The summed E-state index contributed by atoms with van der Waals surface area (Å²) >= 11 is 3.33. The van der Waals surface area contributed by atoms with Gasteiger partial charge in [0, 0.05) is 36.8 Å². The molecule has 4 rings (SSSR count). The topological polar surface area (TPSA) is 54.3 Å². The first-order valence-electron chi connectivity index (χ1n) is 10.5. The van der Waals surface area contributed by atoms with Crippen LogP contribution in [0.25, 0.3) is 17.0 Å². The van der Waals surface area contributed by atoms with Crippen LogP contribution >= 0.6 is 15.9 Å². The number of pyridine rings is 1. The van der Waals surface area contributed by atoms with E-state index >= 15 is 4.39 Å². The van der Waals surface area contributed by atoms with Crippen LogP contribution in [0.1, 0.15) is 15.9 Å². The molecule has 0 atom stereocenters. The summed E-state index contributed by atoms with van der Waals surface area (Å²) in [7, 11) is 0. The van der Waals surface area contributed by atoms with Crippen LogP contribution in [0, 0.1) is 11.6 Å². The Kier molecular flexibility index (Phi) is 6.99. The fourth-order valence-corrected chi connectivity index (χ4v) is 4.20. The Bertz CT molecular complexity index is 1280. The first kappa shape index (κ1) is 23.3. The fraction of sp³-hybridized carbons (Fsp3) is 0.250. The van der Waals surface area contributed by atoms with Crippen LogP contribution in [0.5, 0.6) is 0 Å². The van der Waals surface area contributed by atoms with Gasteiger partial charge in [0.05, 0.1) is 23.0 Å². The standard InChI is InChI=1S/C24H21BrF3N3O2/c25-16-4-1-15(2-5-16)3-6-20(32)18-14-31(10-7-26)22-17(24(18)33)13-19(27)23(21(22)28)30-11-8-29-9-12-30/h1-6,13-14,29H,7-12H2. The molecule has 0 unspecified atom stereocenters. The molecule has 3 aromatic rings. The summed E-state index contributed by atoms with van der Waals surface area (Å²) in [5.74, 6) is -2.45. The van der Waals surface area contributed by atoms with E-state index in [0.29, 0.717) is 26.2 Å². The van der Waals surface area contributed by atoms with E-state index < -0.39 is 29.5 Å². The molecule has 0 aliphatic carbocycles. The van der Waals surface area contributed by atoms with Crippen molar-refractivity contribution in [1.29, 1.82) is 0 Å². The highest BCUT2D eigenvalue weighted by molar-refractivity contribution is 9.10. The molecule has 1 N–H and O–H groups in total. The fourth-order valence-electron chi connectivity index (χ4n) is 3.93. The first-order chi connectivity index (χ1) is 15.9. The molecular formula is C24H21BrF3N3O2. The Morgan fingerprint density at radius 1 is 1.15 bits per heavy atom. The van der Waals surface area contributed by atoms with Crippen molar-refractivity contribution in [2.24, 2.45) is 0 Å². The van der Waals surface area contributed by atoms with Gasteiger partial charge in [-0.2, -0.15) is 0 Å². The molecule has 5 nitrogen and oxygen atoms in total. The van der Waals surface area contributed by atoms with Gasteiger partial charge in [0.15, 0.2) is 11.6 Å². The molecule has 2 aromatic carbocycles. The van der Waals surface area contributed by atoms with E-state index in [-0.39, 0.29) is 28.7 Å². The summed E-state index contributed by atoms with van der Waals surface area (Å²) in [6.45, 7) is 0.782. The van der Waals surface area contributed by atoms with Gasteiger partial charge in [-0.15, -0.1) is 0 Å². The number of piperazine rings is 1. The Morgan fingerprint density at radius 3 is 2.52 bits per heavy atom. The average Bonchev–Trinajstić information content (AvgIpc) is 2.81. The number of hydrogen-bond acceptors (Lipinski definition) is 4. The minimum atomic E-state index is -0.929. The maximum Gasteiger partial charge on any atom is 0.200 e. The van der Waals surface area contributed by atoms with E-state index in [4.69, 9.17) is 0 Å². The molecule has 1 aromatic heterocycles. The summed E-state index contributed by atoms with van der Waals surface area (Å²) in [4.78, 5) is 27.4. The van der Waals surface area contributed by atoms with Crippen molar-refractivity contribution in [3.8, 4) is 0 Å². The number of aryl methyl sites for hydroxylation is 1. The lowest BCUT2D eigenvalue weighted by Crippen LogP contribution is -2.44. The van der Waals surface area contributed by atoms with E-state index in [2.05, 4.69) is 21.2 Å². The lowest BCUT2D eigenvalue weighted by molar-refractivity contribution is 0.104. The largest absolute Gasteiger partial charge is 0.364 e. The monoisotopic (exact) mass is 519 g/mol. The van der Waals surface area contributed by atoms with Gasteiger partial charge < -0.3 is 14.8 Å². The van der Waals surface area contributed by atoms with Gasteiger partial charge in [0.1, 0.15) is 18.2 Å². The van der Waals surface area contributed by atoms with E-state index in [1.165, 1.54) is 16.7 Å². The zero-order valence-corrected chi connectivity index (χ0v) is 19.2. The zero-order chi connectivity index (χ0) is 23.5. The van der Waals surface area contributed by atoms with Crippen LogP contribution in [0.2, 0.25) is 0 Å². The van der Waals surface area contributed by atoms with E-state index in [9.17, 15) is 18.4 Å². The number of benzene rings is 2. The molecule has 2 heterocycles. The molecule has 0 radical (unpaired) electrons. The van der Waals surface area contributed by atoms with Crippen molar-refractivity contribution in [2.75, 3.05) is 37.8 Å². The summed E-state index contributed by atoms with van der Waals surface area (Å²) in [5, 5.41) is 2.82. The van der Waals surface area contributed by atoms with Crippen molar-refractivity contribution in [2.45, 2.75) is 6.54 Å². The van der Waals surface area contributed by atoms with E-state index in [1.807, 2.05) is 0 Å². The van der Waals surface area contributed by atoms with Gasteiger partial charge in [-0.3, -0.25) is 9.59 Å². The summed E-state index contributed by atoms with van der Waals surface area (Å²) in [6, 6.07) is 8.10. The maximum atomic E-state index is 15.5. The third kappa shape index (κ3) is 4.74. The lowest BCUT2D eigenvalue weighted by atomic mass is 10.0. The number of carbonyl (C=O) groups excluding carboxylic acids is 1. The highest BCUT2D eigenvalue weighted by atomic mass is 79.9. The number of nitrogens with zero attached hydrogens (tertiary/aromatic N) is 2. The highest BCUT2D eigenvalue weighted by Crippen LogP contribution is 2.30. The average molecular weight is 520 g/mol. The Labute approximate surface area is 196 Å². The van der Waals surface area contributed by atoms with Crippen molar-refractivity contribution in [3.05, 3.63) is 80.1 Å². The molecule has 1 aliphatic heterocycles. The number of halogens is 4. The molecule has 1 fully saturated rings. The smallest absolute Gasteiger partial charge is 0.200 e. The molecule has 33 heavy (non-hydrogen) atoms. The second-order valence-electron chi connectivity index (χ2n) is 7.66. The van der Waals surface area contributed by atoms with Gasteiger partial charge >= 0.3 is 0 Å². The molecule has 1 aliphatic rings. The van der Waals surface area contributed by atoms with Crippen LogP contribution in [-0.2, 0) is 6.54 Å². The van der Waals surface area contributed by atoms with Gasteiger partial charge in [-0.05, 0) is 29.8 Å². The van der Waals surface area contributed by atoms with Crippen LogP contribution in [0.4, 0.5) is 18.9 Å². The van der Waals surface area contributed by atoms with Crippen molar-refractivity contribution >= 4 is 44.4 Å². The van der Waals surface area contributed by atoms with Crippen LogP contribution in [0.15, 0.2) is 51.9 Å². The zero-order valence-electron chi connectivity index (χ0n) is 17.6. The number of ketones is 1. The third-order valence-electron chi connectivity index (χ3n) is 5.55. The second-order valence-corrected chi connectivity index (χ2v) is 8.57. The quantitative estimate of drug-likeness (QED) is 0.389. The first-order valence-corrected chi connectivity index (χ1v) is 11.2. The van der Waals surface area contributed by atoms with Gasteiger partial charge in [-0.25, -0.2) is 13.2 Å². The highest BCUT2D eigenvalue weighted by Gasteiger charge is 2.25. The van der Waals surface area contributed by atoms with Crippen molar-refractivity contribution < 1.29 is 18.0 Å².